The molecule has 31 heavy (non-hydrogen) atoms. The molecule has 4 heterocycles. The average Bonchev–Trinajstić information content (AvgIpc) is 3.41. The summed E-state index contributed by atoms with van der Waals surface area (Å²) in [5, 5.41) is 18.2. The standard InChI is InChI=1S/C20H23N9O2/c1-12(2)18(31-4)17-15(11-21-16-5-6-23-28(16)17)27-20(30)26-14-9-13(3)19(22-10-14)29-24-7-8-25-29/h5-12,18H,1-4H3,(H2,26,27,30). The number of anilines is 2. The minimum Gasteiger partial charge on any atom is -0.375 e. The van der Waals surface area contributed by atoms with Crippen LogP contribution in [0.5, 0.6) is 0 Å². The second-order valence-electron chi connectivity index (χ2n) is 7.32. The first-order chi connectivity index (χ1) is 15.0. The van der Waals surface area contributed by atoms with E-state index < -0.39 is 6.03 Å². The van der Waals surface area contributed by atoms with Crippen LogP contribution in [0.1, 0.15) is 31.2 Å². The number of carbonyl (C=O) groups is 1. The molecule has 11 nitrogen and oxygen atoms in total. The van der Waals surface area contributed by atoms with Gasteiger partial charge in [-0.15, -0.1) is 4.80 Å². The Bertz CT molecular complexity index is 1200. The number of nitrogens with zero attached hydrogens (tertiary/aromatic N) is 7. The topological polar surface area (TPSA) is 124 Å². The number of fused-ring (bicyclic) bond motifs is 1. The minimum absolute atomic E-state index is 0.152. The molecule has 0 bridgehead atoms. The number of amides is 2. The van der Waals surface area contributed by atoms with Crippen LogP contribution in [0.4, 0.5) is 16.2 Å². The van der Waals surface area contributed by atoms with Crippen LogP contribution in [-0.4, -0.2) is 47.7 Å². The third kappa shape index (κ3) is 4.08. The maximum Gasteiger partial charge on any atom is 0.323 e. The zero-order chi connectivity index (χ0) is 22.0. The minimum atomic E-state index is -0.431. The molecule has 0 saturated heterocycles. The molecule has 160 valence electrons. The zero-order valence-electron chi connectivity index (χ0n) is 17.6. The van der Waals surface area contributed by atoms with E-state index >= 15 is 0 Å². The summed E-state index contributed by atoms with van der Waals surface area (Å²) in [4.78, 5) is 22.9. The van der Waals surface area contributed by atoms with Crippen molar-refractivity contribution in [2.45, 2.75) is 26.9 Å². The van der Waals surface area contributed by atoms with Crippen LogP contribution in [0.15, 0.2) is 43.1 Å². The highest BCUT2D eigenvalue weighted by Crippen LogP contribution is 2.31. The molecule has 0 aliphatic heterocycles. The van der Waals surface area contributed by atoms with Gasteiger partial charge in [-0.05, 0) is 24.5 Å². The fraction of sp³-hybridized carbons (Fsp3) is 0.300. The first kappa shape index (κ1) is 20.4. The number of rotatable bonds is 6. The number of hydrogen-bond acceptors (Lipinski definition) is 7. The number of carbonyl (C=O) groups excluding carboxylic acids is 1. The Morgan fingerprint density at radius 3 is 2.52 bits per heavy atom. The predicted octanol–water partition coefficient (Wildman–Crippen LogP) is 3.00. The van der Waals surface area contributed by atoms with Gasteiger partial charge in [0.25, 0.3) is 0 Å². The van der Waals surface area contributed by atoms with Crippen molar-refractivity contribution in [3.63, 3.8) is 0 Å². The Morgan fingerprint density at radius 1 is 1.06 bits per heavy atom. The summed E-state index contributed by atoms with van der Waals surface area (Å²) in [6.45, 7) is 5.95. The molecule has 2 N–H and O–H groups in total. The van der Waals surface area contributed by atoms with Crippen molar-refractivity contribution in [3.05, 3.63) is 54.4 Å². The van der Waals surface area contributed by atoms with Gasteiger partial charge in [-0.2, -0.15) is 15.3 Å². The van der Waals surface area contributed by atoms with Crippen LogP contribution in [0, 0.1) is 12.8 Å². The van der Waals surface area contributed by atoms with Crippen molar-refractivity contribution in [3.8, 4) is 5.82 Å². The third-order valence-electron chi connectivity index (χ3n) is 4.75. The van der Waals surface area contributed by atoms with Crippen LogP contribution in [0.2, 0.25) is 0 Å². The van der Waals surface area contributed by atoms with E-state index in [0.29, 0.717) is 22.8 Å². The lowest BCUT2D eigenvalue weighted by Gasteiger charge is -2.23. The van der Waals surface area contributed by atoms with Gasteiger partial charge >= 0.3 is 6.03 Å². The number of hydrogen-bond donors (Lipinski definition) is 2. The first-order valence-electron chi connectivity index (χ1n) is 9.74. The average molecular weight is 421 g/mol. The van der Waals surface area contributed by atoms with Gasteiger partial charge in [0.05, 0.1) is 48.1 Å². The Hall–Kier alpha value is -3.86. The summed E-state index contributed by atoms with van der Waals surface area (Å²) < 4.78 is 7.38. The van der Waals surface area contributed by atoms with Crippen LogP contribution in [0.3, 0.4) is 0 Å². The molecule has 0 saturated carbocycles. The summed E-state index contributed by atoms with van der Waals surface area (Å²) >= 11 is 0. The summed E-state index contributed by atoms with van der Waals surface area (Å²) in [6.07, 6.45) is 7.68. The summed E-state index contributed by atoms with van der Waals surface area (Å²) in [5.74, 6) is 0.741. The second kappa shape index (κ2) is 8.48. The van der Waals surface area contributed by atoms with Crippen molar-refractivity contribution >= 4 is 23.1 Å². The largest absolute Gasteiger partial charge is 0.375 e. The van der Waals surface area contributed by atoms with E-state index in [1.807, 2.05) is 20.8 Å². The SMILES string of the molecule is COC(c1c(NC(=O)Nc2cnc(-n3nccn3)c(C)c2)cnc2ccnn12)C(C)C. The molecule has 1 atom stereocenters. The first-order valence-corrected chi connectivity index (χ1v) is 9.74. The third-order valence-corrected chi connectivity index (χ3v) is 4.75. The van der Waals surface area contributed by atoms with Gasteiger partial charge in [-0.25, -0.2) is 19.3 Å². The van der Waals surface area contributed by atoms with Crippen molar-refractivity contribution in [1.82, 2.24) is 34.6 Å². The fourth-order valence-corrected chi connectivity index (χ4v) is 3.42. The van der Waals surface area contributed by atoms with Crippen molar-refractivity contribution in [2.75, 3.05) is 17.7 Å². The van der Waals surface area contributed by atoms with E-state index in [1.54, 1.807) is 54.7 Å². The molecule has 4 rings (SSSR count). The number of aromatic nitrogens is 7. The lowest BCUT2D eigenvalue weighted by Crippen LogP contribution is -2.24. The number of aryl methyl sites for hydroxylation is 1. The molecule has 0 aromatic carbocycles. The summed E-state index contributed by atoms with van der Waals surface area (Å²) in [5.41, 5.74) is 3.25. The molecule has 0 radical (unpaired) electrons. The summed E-state index contributed by atoms with van der Waals surface area (Å²) in [6, 6.07) is 3.16. The van der Waals surface area contributed by atoms with Gasteiger partial charge in [0.2, 0.25) is 0 Å². The highest BCUT2D eigenvalue weighted by atomic mass is 16.5. The molecule has 11 heteroatoms. The highest BCUT2D eigenvalue weighted by Gasteiger charge is 2.24. The summed E-state index contributed by atoms with van der Waals surface area (Å²) in [7, 11) is 1.63. The van der Waals surface area contributed by atoms with Crippen molar-refractivity contribution < 1.29 is 9.53 Å². The Morgan fingerprint density at radius 2 is 1.84 bits per heavy atom. The van der Waals surface area contributed by atoms with Crippen molar-refractivity contribution in [1.29, 1.82) is 0 Å². The molecule has 0 aliphatic rings. The monoisotopic (exact) mass is 421 g/mol. The van der Waals surface area contributed by atoms with Gasteiger partial charge in [0, 0.05) is 13.2 Å². The van der Waals surface area contributed by atoms with E-state index in [4.69, 9.17) is 4.74 Å². The molecular formula is C20H23N9O2. The molecule has 4 aromatic rings. The fourth-order valence-electron chi connectivity index (χ4n) is 3.42. The van der Waals surface area contributed by atoms with Gasteiger partial charge in [-0.3, -0.25) is 0 Å². The van der Waals surface area contributed by atoms with Crippen LogP contribution >= 0.6 is 0 Å². The molecule has 0 fully saturated rings. The van der Waals surface area contributed by atoms with E-state index in [2.05, 4.69) is 35.9 Å². The van der Waals surface area contributed by atoms with E-state index in [9.17, 15) is 4.79 Å². The number of urea groups is 1. The number of ether oxygens (including phenoxy) is 1. The number of pyridine rings is 1. The van der Waals surface area contributed by atoms with Gasteiger partial charge in [0.1, 0.15) is 6.10 Å². The van der Waals surface area contributed by atoms with E-state index in [-0.39, 0.29) is 12.0 Å². The van der Waals surface area contributed by atoms with E-state index in [1.165, 1.54) is 4.80 Å². The number of nitrogens with one attached hydrogen (secondary N) is 2. The predicted molar refractivity (Wildman–Crippen MR) is 114 cm³/mol. The van der Waals surface area contributed by atoms with Crippen molar-refractivity contribution in [2.24, 2.45) is 5.92 Å². The van der Waals surface area contributed by atoms with Crippen LogP contribution < -0.4 is 10.6 Å². The lowest BCUT2D eigenvalue weighted by atomic mass is 10.0. The van der Waals surface area contributed by atoms with E-state index in [0.717, 1.165) is 11.3 Å². The smallest absolute Gasteiger partial charge is 0.323 e. The van der Waals surface area contributed by atoms with Crippen LogP contribution in [0.25, 0.3) is 11.5 Å². The molecule has 2 amide bonds. The Labute approximate surface area is 178 Å². The quantitative estimate of drug-likeness (QED) is 0.490. The van der Waals surface area contributed by atoms with Gasteiger partial charge in [-0.1, -0.05) is 13.8 Å². The molecule has 0 spiro atoms. The maximum atomic E-state index is 12.7. The highest BCUT2D eigenvalue weighted by molar-refractivity contribution is 6.00. The zero-order valence-corrected chi connectivity index (χ0v) is 17.6. The molecular weight excluding hydrogens is 398 g/mol. The van der Waals surface area contributed by atoms with Gasteiger partial charge < -0.3 is 15.4 Å². The normalized spacial score (nSPS) is 12.3. The molecule has 4 aromatic heterocycles. The maximum absolute atomic E-state index is 12.7. The number of methoxy groups -OCH3 is 1. The van der Waals surface area contributed by atoms with Gasteiger partial charge in [0.15, 0.2) is 11.5 Å². The Kier molecular flexibility index (Phi) is 5.58. The Balaban J connectivity index is 1.58. The lowest BCUT2D eigenvalue weighted by molar-refractivity contribution is 0.0600. The molecule has 1 unspecified atom stereocenters. The molecule has 0 aliphatic carbocycles. The second-order valence-corrected chi connectivity index (χ2v) is 7.32. The van der Waals surface area contributed by atoms with Crippen LogP contribution in [-0.2, 0) is 4.74 Å².